The standard InChI is InChI=1S/C34H43F2NO8SSi/c1-34(2,3)47(4,5)45-31(23-8-10-24(35)11-9-23)19-18-29-32(37(33(29)39)26-14-12-25(36)13-15-26)28-17-16-27(22-30(28)38)43-20-6-7-21-44-46(40,41)42/h8-17,22,29,31-32,38H,6-7,18-21H2,1-5H3,(H,40,41,42)/t29-,31+,32-/m1/s1. The Bertz CT molecular complexity index is 1630. The van der Waals surface area contributed by atoms with Gasteiger partial charge in [0.1, 0.15) is 23.1 Å². The van der Waals surface area contributed by atoms with E-state index in [2.05, 4.69) is 38.0 Å². The number of carbonyl (C=O) groups excluding carboxylic acids is 1. The monoisotopic (exact) mass is 691 g/mol. The molecule has 9 nitrogen and oxygen atoms in total. The lowest BCUT2D eigenvalue weighted by molar-refractivity contribution is -0.131. The second kappa shape index (κ2) is 14.8. The van der Waals surface area contributed by atoms with Crippen molar-refractivity contribution in [2.45, 2.75) is 76.7 Å². The third-order valence-corrected chi connectivity index (χ3v) is 13.9. The molecule has 3 aromatic rings. The van der Waals surface area contributed by atoms with Gasteiger partial charge in [0.15, 0.2) is 8.32 Å². The van der Waals surface area contributed by atoms with E-state index < -0.39 is 36.5 Å². The molecule has 1 aliphatic heterocycles. The number of hydrogen-bond acceptors (Lipinski definition) is 7. The van der Waals surface area contributed by atoms with Crippen LogP contribution in [0, 0.1) is 17.6 Å². The van der Waals surface area contributed by atoms with Gasteiger partial charge in [-0.1, -0.05) is 32.9 Å². The van der Waals surface area contributed by atoms with Crippen LogP contribution in [-0.2, 0) is 23.8 Å². The molecule has 1 heterocycles. The van der Waals surface area contributed by atoms with Crippen LogP contribution in [0.2, 0.25) is 18.1 Å². The van der Waals surface area contributed by atoms with E-state index in [4.69, 9.17) is 13.7 Å². The average Bonchev–Trinajstić information content (AvgIpc) is 2.98. The number of anilines is 1. The van der Waals surface area contributed by atoms with Gasteiger partial charge < -0.3 is 19.2 Å². The first-order chi connectivity index (χ1) is 22.0. The molecule has 0 bridgehead atoms. The van der Waals surface area contributed by atoms with Crippen molar-refractivity contribution in [1.29, 1.82) is 0 Å². The maximum absolute atomic E-state index is 13.8. The molecule has 0 aliphatic carbocycles. The first kappa shape index (κ1) is 36.5. The van der Waals surface area contributed by atoms with Crippen LogP contribution in [0.25, 0.3) is 0 Å². The fraction of sp³-hybridized carbons (Fsp3) is 0.441. The maximum Gasteiger partial charge on any atom is 0.397 e. The van der Waals surface area contributed by atoms with Crippen molar-refractivity contribution in [1.82, 2.24) is 0 Å². The molecule has 0 saturated carbocycles. The van der Waals surface area contributed by atoms with Gasteiger partial charge in [0, 0.05) is 17.3 Å². The van der Waals surface area contributed by atoms with Crippen molar-refractivity contribution < 1.29 is 45.0 Å². The topological polar surface area (TPSA) is 123 Å². The number of unbranched alkanes of at least 4 members (excludes halogenated alkanes) is 1. The zero-order valence-electron chi connectivity index (χ0n) is 27.3. The first-order valence-electron chi connectivity index (χ1n) is 15.6. The number of β-lactam (4-membered cyclic amide) rings is 1. The van der Waals surface area contributed by atoms with E-state index in [9.17, 15) is 27.1 Å². The molecule has 47 heavy (non-hydrogen) atoms. The molecule has 3 aromatic carbocycles. The SMILES string of the molecule is CC(C)(C)[Si](C)(C)O[C@@H](CC[C@H]1C(=O)N(c2ccc(F)cc2)[C@@H]1c1ccc(OCCCCOS(=O)(=O)O)cc1O)c1ccc(F)cc1. The summed E-state index contributed by atoms with van der Waals surface area (Å²) in [6.45, 7) is 10.7. The van der Waals surface area contributed by atoms with Crippen LogP contribution in [0.1, 0.15) is 69.7 Å². The van der Waals surface area contributed by atoms with Crippen molar-refractivity contribution in [3.8, 4) is 11.5 Å². The second-order valence-corrected chi connectivity index (χ2v) is 19.1. The lowest BCUT2D eigenvalue weighted by atomic mass is 9.78. The molecule has 4 rings (SSSR count). The molecule has 0 radical (unpaired) electrons. The normalized spacial score (nSPS) is 17.8. The van der Waals surface area contributed by atoms with Gasteiger partial charge in [-0.15, -0.1) is 0 Å². The molecule has 3 atom stereocenters. The van der Waals surface area contributed by atoms with Gasteiger partial charge in [-0.25, -0.2) is 13.0 Å². The first-order valence-corrected chi connectivity index (χ1v) is 19.8. The van der Waals surface area contributed by atoms with Crippen LogP contribution in [0.5, 0.6) is 11.5 Å². The Morgan fingerprint density at radius 3 is 2.11 bits per heavy atom. The van der Waals surface area contributed by atoms with E-state index in [1.165, 1.54) is 42.5 Å². The minimum absolute atomic E-state index is 0.0804. The summed E-state index contributed by atoms with van der Waals surface area (Å²) in [7, 11) is -6.76. The van der Waals surface area contributed by atoms with Gasteiger partial charge >= 0.3 is 10.4 Å². The number of nitrogens with zero attached hydrogens (tertiary/aromatic N) is 1. The summed E-state index contributed by atoms with van der Waals surface area (Å²) in [5, 5.41) is 11.1. The van der Waals surface area contributed by atoms with Gasteiger partial charge in [0.05, 0.1) is 31.3 Å². The lowest BCUT2D eigenvalue weighted by Crippen LogP contribution is -2.55. The van der Waals surface area contributed by atoms with E-state index in [-0.39, 0.29) is 41.8 Å². The molecule has 1 aliphatic rings. The van der Waals surface area contributed by atoms with E-state index in [0.29, 0.717) is 42.7 Å². The highest BCUT2D eigenvalue weighted by Gasteiger charge is 2.50. The summed E-state index contributed by atoms with van der Waals surface area (Å²) < 4.78 is 74.4. The molecular weight excluding hydrogens is 649 g/mol. The number of carbonyl (C=O) groups is 1. The van der Waals surface area contributed by atoms with Crippen molar-refractivity contribution in [3.05, 3.63) is 89.5 Å². The molecule has 1 amide bonds. The summed E-state index contributed by atoms with van der Waals surface area (Å²) in [4.78, 5) is 15.3. The number of phenolic OH excluding ortho intramolecular Hbond substituents is 1. The lowest BCUT2D eigenvalue weighted by Gasteiger charge is -2.48. The second-order valence-electron chi connectivity index (χ2n) is 13.3. The van der Waals surface area contributed by atoms with Gasteiger partial charge in [-0.2, -0.15) is 8.42 Å². The van der Waals surface area contributed by atoms with E-state index in [1.807, 2.05) is 0 Å². The number of ether oxygens (including phenoxy) is 1. The number of amides is 1. The van der Waals surface area contributed by atoms with Crippen molar-refractivity contribution >= 4 is 30.3 Å². The Balaban J connectivity index is 1.55. The third-order valence-electron chi connectivity index (χ3n) is 8.90. The predicted molar refractivity (Wildman–Crippen MR) is 177 cm³/mol. The van der Waals surface area contributed by atoms with Crippen molar-refractivity contribution in [2.24, 2.45) is 5.92 Å². The van der Waals surface area contributed by atoms with Crippen LogP contribution < -0.4 is 9.64 Å². The smallest absolute Gasteiger partial charge is 0.397 e. The fourth-order valence-electron chi connectivity index (χ4n) is 5.33. The minimum atomic E-state index is -4.49. The zero-order valence-corrected chi connectivity index (χ0v) is 29.1. The molecule has 0 spiro atoms. The summed E-state index contributed by atoms with van der Waals surface area (Å²) in [6.07, 6.45) is 1.27. The van der Waals surface area contributed by atoms with Gasteiger partial charge in [0.25, 0.3) is 0 Å². The predicted octanol–water partition coefficient (Wildman–Crippen LogP) is 7.90. The van der Waals surface area contributed by atoms with Crippen LogP contribution >= 0.6 is 0 Å². The minimum Gasteiger partial charge on any atom is -0.507 e. The van der Waals surface area contributed by atoms with Crippen LogP contribution in [0.4, 0.5) is 14.5 Å². The summed E-state index contributed by atoms with van der Waals surface area (Å²) in [6, 6.07) is 16.1. The molecule has 1 saturated heterocycles. The Morgan fingerprint density at radius 1 is 0.936 bits per heavy atom. The zero-order chi connectivity index (χ0) is 34.6. The van der Waals surface area contributed by atoms with Gasteiger partial charge in [0.2, 0.25) is 5.91 Å². The van der Waals surface area contributed by atoms with Gasteiger partial charge in [-0.05, 0) is 97.9 Å². The Hall–Kier alpha value is -3.36. The van der Waals surface area contributed by atoms with E-state index in [1.54, 1.807) is 29.2 Å². The Labute approximate surface area is 276 Å². The molecule has 13 heteroatoms. The highest BCUT2D eigenvalue weighted by Crippen LogP contribution is 2.50. The van der Waals surface area contributed by atoms with Crippen molar-refractivity contribution in [2.75, 3.05) is 18.1 Å². The molecule has 0 aromatic heterocycles. The number of hydrogen-bond donors (Lipinski definition) is 2. The molecule has 2 N–H and O–H groups in total. The van der Waals surface area contributed by atoms with Crippen LogP contribution in [0.15, 0.2) is 66.7 Å². The fourth-order valence-corrected chi connectivity index (χ4v) is 6.98. The highest BCUT2D eigenvalue weighted by atomic mass is 32.3. The molecule has 256 valence electrons. The van der Waals surface area contributed by atoms with Gasteiger partial charge in [-0.3, -0.25) is 9.35 Å². The highest BCUT2D eigenvalue weighted by molar-refractivity contribution is 7.80. The van der Waals surface area contributed by atoms with E-state index in [0.717, 1.165) is 5.56 Å². The molecular formula is C34H43F2NO8SSi. The summed E-state index contributed by atoms with van der Waals surface area (Å²) in [5.74, 6) is -1.19. The van der Waals surface area contributed by atoms with Crippen LogP contribution in [0.3, 0.4) is 0 Å². The maximum atomic E-state index is 13.8. The Morgan fingerprint density at radius 2 is 1.53 bits per heavy atom. The molecule has 1 fully saturated rings. The van der Waals surface area contributed by atoms with Crippen LogP contribution in [-0.4, -0.2) is 45.5 Å². The number of rotatable bonds is 15. The summed E-state index contributed by atoms with van der Waals surface area (Å²) in [5.41, 5.74) is 1.82. The number of benzene rings is 3. The summed E-state index contributed by atoms with van der Waals surface area (Å²) >= 11 is 0. The largest absolute Gasteiger partial charge is 0.507 e. The number of phenols is 1. The third kappa shape index (κ3) is 9.38. The average molecular weight is 692 g/mol. The Kier molecular flexibility index (Phi) is 11.5. The van der Waals surface area contributed by atoms with E-state index >= 15 is 0 Å². The van der Waals surface area contributed by atoms with Crippen molar-refractivity contribution in [3.63, 3.8) is 0 Å². The number of halogens is 2. The molecule has 0 unspecified atom stereocenters. The number of aromatic hydroxyl groups is 1. The quantitative estimate of drug-likeness (QED) is 0.0714.